The summed E-state index contributed by atoms with van der Waals surface area (Å²) in [5, 5.41) is 13.4. The van der Waals surface area contributed by atoms with Crippen molar-refractivity contribution in [3.63, 3.8) is 0 Å². The molecule has 0 aliphatic rings. The Bertz CT molecular complexity index is 554. The molecule has 0 radical (unpaired) electrons. The highest BCUT2D eigenvalue weighted by molar-refractivity contribution is 5.85. The maximum Gasteiger partial charge on any atom is 0.352 e. The molecule has 0 atom stereocenters. The van der Waals surface area contributed by atoms with E-state index in [1.165, 1.54) is 0 Å². The predicted molar refractivity (Wildman–Crippen MR) is 67.7 cm³/mol. The summed E-state index contributed by atoms with van der Waals surface area (Å²) in [6, 6.07) is 5.41. The highest BCUT2D eigenvalue weighted by Crippen LogP contribution is 2.06. The van der Waals surface area contributed by atoms with Crippen LogP contribution >= 0.6 is 0 Å². The molecule has 1 N–H and O–H groups in total. The van der Waals surface area contributed by atoms with Crippen LogP contribution < -0.4 is 0 Å². The molecule has 0 aliphatic heterocycles. The van der Waals surface area contributed by atoms with Gasteiger partial charge in [-0.1, -0.05) is 0 Å². The summed E-state index contributed by atoms with van der Waals surface area (Å²) in [5.74, 6) is -0.883. The van der Waals surface area contributed by atoms with E-state index in [0.29, 0.717) is 12.2 Å². The van der Waals surface area contributed by atoms with E-state index >= 15 is 0 Å². The lowest BCUT2D eigenvalue weighted by Crippen LogP contribution is -2.10. The van der Waals surface area contributed by atoms with Crippen LogP contribution in [0.2, 0.25) is 0 Å². The van der Waals surface area contributed by atoms with Gasteiger partial charge in [0.1, 0.15) is 5.69 Å². The van der Waals surface area contributed by atoms with E-state index in [4.69, 9.17) is 5.11 Å². The Morgan fingerprint density at radius 3 is 2.78 bits per heavy atom. The summed E-state index contributed by atoms with van der Waals surface area (Å²) in [6.45, 7) is 5.49. The summed E-state index contributed by atoms with van der Waals surface area (Å²) in [6.07, 6.45) is 2.65. The molecule has 2 aromatic rings. The van der Waals surface area contributed by atoms with E-state index < -0.39 is 5.97 Å². The van der Waals surface area contributed by atoms with Crippen molar-refractivity contribution in [2.45, 2.75) is 33.4 Å². The van der Waals surface area contributed by atoms with E-state index in [2.05, 4.69) is 5.10 Å². The fraction of sp³-hybridized carbons (Fsp3) is 0.385. The van der Waals surface area contributed by atoms with Crippen LogP contribution in [0.4, 0.5) is 0 Å². The molecule has 0 bridgehead atoms. The summed E-state index contributed by atoms with van der Waals surface area (Å²) >= 11 is 0. The fourth-order valence-corrected chi connectivity index (χ4v) is 2.10. The van der Waals surface area contributed by atoms with Crippen molar-refractivity contribution in [1.82, 2.24) is 14.3 Å². The number of rotatable bonds is 5. The van der Waals surface area contributed by atoms with Gasteiger partial charge in [-0.15, -0.1) is 0 Å². The van der Waals surface area contributed by atoms with E-state index in [9.17, 15) is 4.79 Å². The zero-order chi connectivity index (χ0) is 13.1. The van der Waals surface area contributed by atoms with E-state index in [-0.39, 0.29) is 0 Å². The first-order valence-electron chi connectivity index (χ1n) is 5.97. The predicted octanol–water partition coefficient (Wildman–Crippen LogP) is 2.09. The number of nitrogens with zero attached hydrogens (tertiary/aromatic N) is 3. The molecule has 0 amide bonds. The van der Waals surface area contributed by atoms with Crippen molar-refractivity contribution in [2.24, 2.45) is 0 Å². The Morgan fingerprint density at radius 1 is 1.39 bits per heavy atom. The van der Waals surface area contributed by atoms with Gasteiger partial charge in [0.2, 0.25) is 0 Å². The van der Waals surface area contributed by atoms with Crippen molar-refractivity contribution in [3.05, 3.63) is 41.5 Å². The summed E-state index contributed by atoms with van der Waals surface area (Å²) in [7, 11) is 0. The van der Waals surface area contributed by atoms with Gasteiger partial charge in [0.15, 0.2) is 0 Å². The highest BCUT2D eigenvalue weighted by Gasteiger charge is 2.08. The Labute approximate surface area is 106 Å². The third-order valence-electron chi connectivity index (χ3n) is 2.92. The molecule has 0 saturated carbocycles. The van der Waals surface area contributed by atoms with Crippen LogP contribution in [-0.2, 0) is 13.1 Å². The monoisotopic (exact) mass is 247 g/mol. The molecule has 18 heavy (non-hydrogen) atoms. The van der Waals surface area contributed by atoms with Crippen molar-refractivity contribution in [3.8, 4) is 0 Å². The third-order valence-corrected chi connectivity index (χ3v) is 2.92. The van der Waals surface area contributed by atoms with Gasteiger partial charge in [-0.2, -0.15) is 5.10 Å². The Balaban J connectivity index is 1.94. The van der Waals surface area contributed by atoms with Gasteiger partial charge < -0.3 is 9.67 Å². The zero-order valence-electron chi connectivity index (χ0n) is 10.6. The lowest BCUT2D eigenvalue weighted by Gasteiger charge is -2.07. The molecule has 2 heterocycles. The summed E-state index contributed by atoms with van der Waals surface area (Å²) in [5.41, 5.74) is 2.49. The SMILES string of the molecule is Cc1cc(C)n(CCCn2cccc2C(=O)O)n1. The fourth-order valence-electron chi connectivity index (χ4n) is 2.10. The molecule has 2 aromatic heterocycles. The lowest BCUT2D eigenvalue weighted by atomic mass is 10.3. The van der Waals surface area contributed by atoms with Crippen LogP contribution in [0.15, 0.2) is 24.4 Å². The molecule has 5 heteroatoms. The normalized spacial score (nSPS) is 10.8. The Morgan fingerprint density at radius 2 is 2.17 bits per heavy atom. The van der Waals surface area contributed by atoms with Gasteiger partial charge in [0.05, 0.1) is 5.69 Å². The first kappa shape index (κ1) is 12.4. The molecular formula is C13H17N3O2. The molecule has 0 spiro atoms. The summed E-state index contributed by atoms with van der Waals surface area (Å²) < 4.78 is 3.72. The zero-order valence-corrected chi connectivity index (χ0v) is 10.6. The van der Waals surface area contributed by atoms with Crippen LogP contribution in [-0.4, -0.2) is 25.4 Å². The van der Waals surface area contributed by atoms with Crippen LogP contribution in [0.1, 0.15) is 28.3 Å². The molecule has 0 unspecified atom stereocenters. The van der Waals surface area contributed by atoms with E-state index in [0.717, 1.165) is 24.4 Å². The number of hydrogen-bond donors (Lipinski definition) is 1. The van der Waals surface area contributed by atoms with Gasteiger partial charge >= 0.3 is 5.97 Å². The van der Waals surface area contributed by atoms with Gasteiger partial charge in [0.25, 0.3) is 0 Å². The molecule has 96 valence electrons. The minimum atomic E-state index is -0.883. The number of aromatic nitrogens is 3. The number of carboxylic acid groups (broad SMARTS) is 1. The smallest absolute Gasteiger partial charge is 0.352 e. The summed E-state index contributed by atoms with van der Waals surface area (Å²) in [4.78, 5) is 10.9. The van der Waals surface area contributed by atoms with Gasteiger partial charge in [0, 0.05) is 25.0 Å². The molecule has 0 saturated heterocycles. The molecule has 0 aliphatic carbocycles. The van der Waals surface area contributed by atoms with Crippen LogP contribution in [0.5, 0.6) is 0 Å². The second kappa shape index (κ2) is 5.08. The minimum Gasteiger partial charge on any atom is -0.477 e. The molecule has 0 fully saturated rings. The standard InChI is InChI=1S/C13H17N3O2/c1-10-9-11(2)16(14-10)8-4-7-15-6-3-5-12(15)13(17)18/h3,5-6,9H,4,7-8H2,1-2H3,(H,17,18). The molecule has 0 aromatic carbocycles. The topological polar surface area (TPSA) is 60.0 Å². The quantitative estimate of drug-likeness (QED) is 0.880. The van der Waals surface area contributed by atoms with E-state index in [1.807, 2.05) is 24.6 Å². The van der Waals surface area contributed by atoms with Crippen molar-refractivity contribution >= 4 is 5.97 Å². The van der Waals surface area contributed by atoms with E-state index in [1.54, 1.807) is 22.9 Å². The average molecular weight is 247 g/mol. The average Bonchev–Trinajstić information content (AvgIpc) is 2.86. The maximum atomic E-state index is 10.9. The second-order valence-corrected chi connectivity index (χ2v) is 4.40. The molecule has 5 nitrogen and oxygen atoms in total. The highest BCUT2D eigenvalue weighted by atomic mass is 16.4. The first-order chi connectivity index (χ1) is 8.58. The first-order valence-corrected chi connectivity index (χ1v) is 5.97. The second-order valence-electron chi connectivity index (χ2n) is 4.40. The lowest BCUT2D eigenvalue weighted by molar-refractivity contribution is 0.0685. The van der Waals surface area contributed by atoms with Gasteiger partial charge in [-0.3, -0.25) is 4.68 Å². The van der Waals surface area contributed by atoms with Crippen molar-refractivity contribution in [1.29, 1.82) is 0 Å². The number of aromatic carboxylic acids is 1. The van der Waals surface area contributed by atoms with Crippen molar-refractivity contribution < 1.29 is 9.90 Å². The number of aryl methyl sites for hydroxylation is 4. The largest absolute Gasteiger partial charge is 0.477 e. The Kier molecular flexibility index (Phi) is 3.50. The van der Waals surface area contributed by atoms with Gasteiger partial charge in [-0.25, -0.2) is 4.79 Å². The number of carbonyl (C=O) groups is 1. The molecular weight excluding hydrogens is 230 g/mol. The molecule has 2 rings (SSSR count). The van der Waals surface area contributed by atoms with Crippen LogP contribution in [0.3, 0.4) is 0 Å². The van der Waals surface area contributed by atoms with Crippen LogP contribution in [0, 0.1) is 13.8 Å². The Hall–Kier alpha value is -2.04. The third kappa shape index (κ3) is 2.61. The number of carboxylic acids is 1. The van der Waals surface area contributed by atoms with Gasteiger partial charge in [-0.05, 0) is 38.5 Å². The van der Waals surface area contributed by atoms with Crippen molar-refractivity contribution in [2.75, 3.05) is 0 Å². The van der Waals surface area contributed by atoms with Crippen LogP contribution in [0.25, 0.3) is 0 Å². The maximum absolute atomic E-state index is 10.9. The number of hydrogen-bond acceptors (Lipinski definition) is 2. The minimum absolute atomic E-state index is 0.336.